The highest BCUT2D eigenvalue weighted by atomic mass is 16.5. The fourth-order valence-corrected chi connectivity index (χ4v) is 2.53. The van der Waals surface area contributed by atoms with Gasteiger partial charge in [-0.05, 0) is 37.8 Å². The predicted octanol–water partition coefficient (Wildman–Crippen LogP) is 4.33. The van der Waals surface area contributed by atoms with Crippen molar-refractivity contribution in [2.24, 2.45) is 0 Å². The molecule has 0 bridgehead atoms. The topological polar surface area (TPSA) is 9.23 Å². The van der Waals surface area contributed by atoms with E-state index in [-0.39, 0.29) is 0 Å². The third-order valence-electron chi connectivity index (χ3n) is 3.83. The highest BCUT2D eigenvalue weighted by Gasteiger charge is 2.00. The highest BCUT2D eigenvalue weighted by molar-refractivity contribution is 6.54. The molecule has 0 aliphatic rings. The Hall–Kier alpha value is -1.96. The van der Waals surface area contributed by atoms with Gasteiger partial charge in [0.25, 0.3) is 0 Å². The summed E-state index contributed by atoms with van der Waals surface area (Å²) in [6, 6.07) is 16.8. The summed E-state index contributed by atoms with van der Waals surface area (Å²) in [5.74, 6) is 0.990. The molecule has 2 heteroatoms. The summed E-state index contributed by atoms with van der Waals surface area (Å²) in [7, 11) is 4.05. The summed E-state index contributed by atoms with van der Waals surface area (Å²) in [5.41, 5.74) is 3.98. The molecule has 0 N–H and O–H groups in total. The number of allylic oxidation sites excluding steroid dienone is 2. The van der Waals surface area contributed by atoms with Crippen molar-refractivity contribution in [2.75, 3.05) is 7.11 Å². The summed E-state index contributed by atoms with van der Waals surface area (Å²) in [5, 5.41) is 0. The van der Waals surface area contributed by atoms with E-state index >= 15 is 0 Å². The molecular formula is C20H24BO. The first kappa shape index (κ1) is 16.4. The quantitative estimate of drug-likeness (QED) is 0.399. The van der Waals surface area contributed by atoms with Gasteiger partial charge in [-0.3, -0.25) is 0 Å². The van der Waals surface area contributed by atoms with Crippen LogP contribution in [0.4, 0.5) is 0 Å². The van der Waals surface area contributed by atoms with Gasteiger partial charge in [0.05, 0.1) is 7.11 Å². The third-order valence-corrected chi connectivity index (χ3v) is 3.83. The number of methoxy groups -OCH3 is 1. The van der Waals surface area contributed by atoms with Crippen molar-refractivity contribution in [2.45, 2.75) is 32.5 Å². The Labute approximate surface area is 135 Å². The second-order valence-corrected chi connectivity index (χ2v) is 5.46. The van der Waals surface area contributed by atoms with Crippen LogP contribution in [0.2, 0.25) is 6.32 Å². The van der Waals surface area contributed by atoms with Crippen molar-refractivity contribution in [3.8, 4) is 5.75 Å². The van der Waals surface area contributed by atoms with Gasteiger partial charge in [0.15, 0.2) is 7.28 Å². The molecular weight excluding hydrogens is 267 g/mol. The Balaban J connectivity index is 1.67. The lowest BCUT2D eigenvalue weighted by molar-refractivity contribution is 0.409. The Bertz CT molecular complexity index is 604. The standard InChI is InChI=1S/C20H24BO/c1-17-11-6-8-14-19(17)21-16-10-4-3-5-12-18-13-7-9-15-20(18)22-2/h3-4,6-9,11,13-15H,5,10,12,16H2,1-2H3. The first-order valence-electron chi connectivity index (χ1n) is 7.97. The maximum Gasteiger partial charge on any atom is 0.152 e. The lowest BCUT2D eigenvalue weighted by atomic mass is 9.65. The molecule has 2 aromatic carbocycles. The van der Waals surface area contributed by atoms with Crippen LogP contribution in [0.3, 0.4) is 0 Å². The Morgan fingerprint density at radius 2 is 1.68 bits per heavy atom. The number of hydrogen-bond donors (Lipinski definition) is 0. The van der Waals surface area contributed by atoms with Gasteiger partial charge in [-0.25, -0.2) is 0 Å². The number of benzene rings is 2. The van der Waals surface area contributed by atoms with Gasteiger partial charge in [-0.2, -0.15) is 0 Å². The van der Waals surface area contributed by atoms with Gasteiger partial charge >= 0.3 is 0 Å². The Kier molecular flexibility index (Phi) is 6.82. The van der Waals surface area contributed by atoms with E-state index < -0.39 is 0 Å². The van der Waals surface area contributed by atoms with E-state index in [0.717, 1.165) is 31.3 Å². The molecule has 0 aliphatic heterocycles. The molecule has 1 radical (unpaired) electrons. The van der Waals surface area contributed by atoms with E-state index in [1.54, 1.807) is 7.11 Å². The van der Waals surface area contributed by atoms with Crippen LogP contribution in [0.1, 0.15) is 24.0 Å². The maximum absolute atomic E-state index is 5.37. The highest BCUT2D eigenvalue weighted by Crippen LogP contribution is 2.18. The SMILES string of the molecule is COc1ccccc1CCC=CCC[B]c1ccccc1C. The van der Waals surface area contributed by atoms with Gasteiger partial charge in [-0.15, -0.1) is 0 Å². The molecule has 22 heavy (non-hydrogen) atoms. The molecule has 2 aromatic rings. The first-order valence-corrected chi connectivity index (χ1v) is 7.97. The number of aryl methyl sites for hydroxylation is 2. The van der Waals surface area contributed by atoms with Crippen molar-refractivity contribution in [3.63, 3.8) is 0 Å². The van der Waals surface area contributed by atoms with Crippen LogP contribution in [0, 0.1) is 6.92 Å². The van der Waals surface area contributed by atoms with Crippen molar-refractivity contribution >= 4 is 12.7 Å². The average Bonchev–Trinajstić information content (AvgIpc) is 2.56. The summed E-state index contributed by atoms with van der Waals surface area (Å²) < 4.78 is 5.37. The largest absolute Gasteiger partial charge is 0.496 e. The second kappa shape index (κ2) is 9.14. The minimum atomic E-state index is 0.990. The molecule has 0 amide bonds. The third kappa shape index (κ3) is 5.11. The van der Waals surface area contributed by atoms with Crippen LogP contribution in [-0.2, 0) is 6.42 Å². The van der Waals surface area contributed by atoms with Crippen molar-refractivity contribution in [3.05, 3.63) is 71.8 Å². The molecule has 0 saturated heterocycles. The molecule has 0 fully saturated rings. The summed E-state index contributed by atoms with van der Waals surface area (Å²) in [6.45, 7) is 2.16. The van der Waals surface area contributed by atoms with E-state index in [1.165, 1.54) is 16.6 Å². The molecule has 0 aliphatic carbocycles. The van der Waals surface area contributed by atoms with E-state index in [2.05, 4.69) is 62.8 Å². The van der Waals surface area contributed by atoms with Crippen molar-refractivity contribution < 1.29 is 4.74 Å². The van der Waals surface area contributed by atoms with Gasteiger partial charge in [-0.1, -0.05) is 72.0 Å². The zero-order valence-corrected chi connectivity index (χ0v) is 13.6. The van der Waals surface area contributed by atoms with Crippen LogP contribution < -0.4 is 10.2 Å². The predicted molar refractivity (Wildman–Crippen MR) is 96.4 cm³/mol. The van der Waals surface area contributed by atoms with Crippen LogP contribution >= 0.6 is 0 Å². The summed E-state index contributed by atoms with van der Waals surface area (Å²) in [4.78, 5) is 0. The van der Waals surface area contributed by atoms with E-state index in [4.69, 9.17) is 4.74 Å². The zero-order chi connectivity index (χ0) is 15.6. The minimum Gasteiger partial charge on any atom is -0.496 e. The van der Waals surface area contributed by atoms with E-state index in [9.17, 15) is 0 Å². The molecule has 113 valence electrons. The van der Waals surface area contributed by atoms with Gasteiger partial charge < -0.3 is 4.74 Å². The molecule has 2 rings (SSSR count). The average molecular weight is 291 g/mol. The molecule has 0 spiro atoms. The van der Waals surface area contributed by atoms with E-state index in [1.807, 2.05) is 12.1 Å². The van der Waals surface area contributed by atoms with Crippen molar-refractivity contribution in [1.82, 2.24) is 0 Å². The number of ether oxygens (including phenoxy) is 1. The van der Waals surface area contributed by atoms with Crippen LogP contribution in [0.15, 0.2) is 60.7 Å². The molecule has 0 saturated carbocycles. The molecule has 1 nitrogen and oxygen atoms in total. The minimum absolute atomic E-state index is 0.990. The summed E-state index contributed by atoms with van der Waals surface area (Å²) >= 11 is 0. The fourth-order valence-electron chi connectivity index (χ4n) is 2.53. The number of hydrogen-bond acceptors (Lipinski definition) is 1. The fraction of sp³-hybridized carbons (Fsp3) is 0.300. The van der Waals surface area contributed by atoms with Gasteiger partial charge in [0.1, 0.15) is 5.75 Å². The Morgan fingerprint density at radius 3 is 2.50 bits per heavy atom. The second-order valence-electron chi connectivity index (χ2n) is 5.46. The smallest absolute Gasteiger partial charge is 0.152 e. The van der Waals surface area contributed by atoms with Gasteiger partial charge in [0.2, 0.25) is 0 Å². The van der Waals surface area contributed by atoms with Crippen LogP contribution in [0.5, 0.6) is 5.75 Å². The summed E-state index contributed by atoms with van der Waals surface area (Å²) in [6.07, 6.45) is 8.84. The van der Waals surface area contributed by atoms with Gasteiger partial charge in [0, 0.05) is 0 Å². The zero-order valence-electron chi connectivity index (χ0n) is 13.6. The molecule has 0 heterocycles. The number of rotatable bonds is 8. The Morgan fingerprint density at radius 1 is 0.955 bits per heavy atom. The lowest BCUT2D eigenvalue weighted by Crippen LogP contribution is -2.16. The van der Waals surface area contributed by atoms with E-state index in [0.29, 0.717) is 0 Å². The van der Waals surface area contributed by atoms with Crippen molar-refractivity contribution in [1.29, 1.82) is 0 Å². The molecule has 0 aromatic heterocycles. The number of para-hydroxylation sites is 1. The van der Waals surface area contributed by atoms with Crippen LogP contribution in [0.25, 0.3) is 0 Å². The molecule has 0 atom stereocenters. The monoisotopic (exact) mass is 291 g/mol. The van der Waals surface area contributed by atoms with Crippen LogP contribution in [-0.4, -0.2) is 14.4 Å². The molecule has 0 unspecified atom stereocenters. The lowest BCUT2D eigenvalue weighted by Gasteiger charge is -2.06. The first-order chi connectivity index (χ1) is 10.8. The normalized spacial score (nSPS) is 10.8. The maximum atomic E-state index is 5.37.